The number of hydrogen-bond donors (Lipinski definition) is 3. The van der Waals surface area contributed by atoms with Gasteiger partial charge in [0.15, 0.2) is 23.6 Å². The van der Waals surface area contributed by atoms with Crippen molar-refractivity contribution in [2.45, 2.75) is 38.4 Å². The SMILES string of the molecule is CC(=O)c1ccccc1.CCc1ccc2c(c1)[C@H]1C[C@](c3ccccc3)(Oc3ccc(Br)cc31)O2.O=C(/C=C/c1cc(Br)ccc1O)c1ccccc1.O=C(/C=C/c1cc(Br)ccc1O)c1ccccc1.O=Cc1cc(Br)ccc1O.S=S=S=S=S=S=S=S=S=S=S=S=S=S=S=S=S=S=S=S=S=S=S=S=S=S=S=S=S=S=S=S=S=S=S=S=S=S=S=S=S=S.[K+].[OH-]. The summed E-state index contributed by atoms with van der Waals surface area (Å²) >= 11 is 23.0. The Morgan fingerprint density at radius 2 is 0.648 bits per heavy atom. The van der Waals surface area contributed by atoms with Crippen molar-refractivity contribution in [1.29, 1.82) is 0 Å². The van der Waals surface area contributed by atoms with Crippen LogP contribution in [0.1, 0.15) is 101 Å². The first-order chi connectivity index (χ1) is 60.0. The van der Waals surface area contributed by atoms with Gasteiger partial charge in [0, 0.05) is 452 Å². The molecule has 125 heavy (non-hydrogen) atoms. The maximum Gasteiger partial charge on any atom is 1.00 e. The molecule has 0 fully saturated rings. The number of hydrogen-bond acceptors (Lipinski definition) is 12. The molecule has 10 nitrogen and oxygen atoms in total. The van der Waals surface area contributed by atoms with Crippen molar-refractivity contribution in [3.05, 3.63) is 298 Å². The van der Waals surface area contributed by atoms with Crippen molar-refractivity contribution in [1.82, 2.24) is 0 Å². The molecule has 0 aromatic heterocycles. The van der Waals surface area contributed by atoms with Gasteiger partial charge in [-0.2, -0.15) is 0 Å². The fourth-order valence-corrected chi connectivity index (χ4v) is 115. The second-order valence-electron chi connectivity index (χ2n) is 21.0. The number of phenolic OH excluding ortho intramolecular Hbond substituents is 3. The van der Waals surface area contributed by atoms with Gasteiger partial charge in [-0.25, -0.2) is 0 Å². The number of fused-ring (bicyclic) bond motifs is 6. The molecule has 0 amide bonds. The molecule has 0 saturated carbocycles. The molecule has 0 spiro atoms. The second kappa shape index (κ2) is 76.7. The Morgan fingerprint density at radius 3 is 0.944 bits per heavy atom. The van der Waals surface area contributed by atoms with Crippen LogP contribution >= 0.6 is 63.7 Å². The predicted molar refractivity (Wildman–Crippen MR) is 646 cm³/mol. The Balaban J connectivity index is 0.000000337. The van der Waals surface area contributed by atoms with Gasteiger partial charge in [-0.1, -0.05) is 204 Å². The third-order valence-corrected chi connectivity index (χ3v) is 102. The number of benzene rings is 9. The molecule has 0 radical (unpaired) electrons. The summed E-state index contributed by atoms with van der Waals surface area (Å²) < 4.78 is 16.6. The van der Waals surface area contributed by atoms with E-state index < -0.39 is 5.79 Å². The number of ketones is 3. The van der Waals surface area contributed by atoms with E-state index in [1.807, 2.05) is 328 Å². The standard InChI is InChI=1S/C23H19BrO2.2C15H11BrO2.C8H8O.C7H5BrO2.K.H2O.S42/c1-2-15-8-10-21-18(12-15)20-14-23(25-21,16-6-4-3-5-7-16)26-22-11-9-17(24)13-19(20)22;2*16-13-7-9-15(18)12(10-13)6-8-14(17)11-4-2-1-3-5-11;1-7(9)8-5-3-2-4-6-8;8-6-1-2-7(10)5(3-6)4-9;;;1-3-5-7-9-11-13-15-17-19-21-23-25-27-29-31-33-35-37-39-41-42-40-38-36-34-32-30-28-26-24-22-20-18-16-14-12-10-8-6-4-2/h3-13,20H,2,14H2,1H3;2*1-10,18H;2-6H,1H3;1-4,10H;;1H2;/q;;;;;+1;;/p-1/b;2*8-6+;;;;;/t20-,23-;;;;;;;/m1......./s1. The normalized spacial score (nSPS) is 11.8. The zero-order valence-electron chi connectivity index (χ0n) is 62.5. The van der Waals surface area contributed by atoms with Gasteiger partial charge in [-0.05, 0) is 122 Å². The van der Waals surface area contributed by atoms with Gasteiger partial charge in [0.05, 0.1) is 5.56 Å². The van der Waals surface area contributed by atoms with Crippen molar-refractivity contribution in [3.8, 4) is 28.7 Å². The van der Waals surface area contributed by atoms with Crippen LogP contribution < -0.4 is 60.9 Å². The largest absolute Gasteiger partial charge is 1.00 e. The van der Waals surface area contributed by atoms with Crippen LogP contribution in [0.5, 0.6) is 28.7 Å². The molecule has 668 valence electrons. The van der Waals surface area contributed by atoms with E-state index in [2.05, 4.69) is 107 Å². The van der Waals surface area contributed by atoms with Crippen molar-refractivity contribution >= 4 is 477 Å². The van der Waals surface area contributed by atoms with E-state index in [1.165, 1.54) is 52.7 Å². The monoisotopic (exact) mass is 2730 g/mol. The van der Waals surface area contributed by atoms with Crippen molar-refractivity contribution < 1.29 is 101 Å². The number of carbonyl (C=O) groups excluding carboxylic acids is 4. The average molecular weight is 2740 g/mol. The van der Waals surface area contributed by atoms with Crippen LogP contribution in [0.4, 0.5) is 0 Å². The van der Waals surface area contributed by atoms with Crippen LogP contribution in [0.25, 0.3) is 12.2 Å². The molecule has 0 saturated heterocycles. The second-order valence-corrected chi connectivity index (χ2v) is 95.4. The maximum atomic E-state index is 11.8. The molecule has 9 aromatic rings. The third-order valence-electron chi connectivity index (χ3n) is 13.7. The topological polar surface area (TPSA) is 177 Å². The number of aromatic hydroxyl groups is 3. The van der Waals surface area contributed by atoms with E-state index in [0.717, 1.165) is 53.4 Å². The van der Waals surface area contributed by atoms with Gasteiger partial charge in [0.1, 0.15) is 28.7 Å². The zero-order chi connectivity index (χ0) is 88.2. The molecule has 0 aliphatic carbocycles. The molecule has 4 N–H and O–H groups in total. The number of allylic oxidation sites excluding steroid dienone is 2. The quantitative estimate of drug-likeness (QED) is 0.0512. The minimum atomic E-state index is -0.770. The number of carbonyl (C=O) groups is 4. The van der Waals surface area contributed by atoms with Crippen LogP contribution in [0, 0.1) is 0 Å². The molecule has 2 aliphatic rings. The van der Waals surface area contributed by atoms with Crippen LogP contribution in [0.15, 0.2) is 242 Å². The van der Waals surface area contributed by atoms with Gasteiger partial charge in [0.25, 0.3) is 5.79 Å². The summed E-state index contributed by atoms with van der Waals surface area (Å²) in [5.74, 6) is 1.57. The number of ether oxygens (including phenoxy) is 2. The van der Waals surface area contributed by atoms with E-state index in [-0.39, 0.29) is 97.4 Å². The van der Waals surface area contributed by atoms with E-state index >= 15 is 0 Å². The molecule has 2 aliphatic heterocycles. The minimum absolute atomic E-state index is 0. The molecule has 0 unspecified atom stereocenters. The summed E-state index contributed by atoms with van der Waals surface area (Å²) in [6.07, 6.45) is 8.53. The zero-order valence-corrected chi connectivity index (χ0v) is 106. The smallest absolute Gasteiger partial charge is 0.870 e. The first-order valence-electron chi connectivity index (χ1n) is 32.3. The maximum absolute atomic E-state index is 11.8. The first-order valence-corrected chi connectivity index (χ1v) is 90.1. The number of aldehydes is 1. The van der Waals surface area contributed by atoms with Crippen LogP contribution in [0.2, 0.25) is 0 Å². The summed E-state index contributed by atoms with van der Waals surface area (Å²) in [5.41, 5.74) is 8.43. The molecule has 57 heteroatoms. The molecule has 9 aromatic carbocycles. The van der Waals surface area contributed by atoms with Crippen molar-refractivity contribution in [2.75, 3.05) is 0 Å². The van der Waals surface area contributed by atoms with Gasteiger partial charge >= 0.3 is 51.4 Å². The molecular formula is C68H55Br4KO10S42. The van der Waals surface area contributed by atoms with E-state index in [1.54, 1.807) is 198 Å². The Morgan fingerprint density at radius 1 is 0.376 bits per heavy atom. The van der Waals surface area contributed by atoms with Crippen molar-refractivity contribution in [3.63, 3.8) is 0 Å². The summed E-state index contributed by atoms with van der Waals surface area (Å²) in [4.78, 5) is 44.5. The average Bonchev–Trinajstić information content (AvgIpc) is 0.721. The fourth-order valence-electron chi connectivity index (χ4n) is 8.88. The van der Waals surface area contributed by atoms with Gasteiger partial charge in [-0.3, -0.25) is 19.2 Å². The molecule has 2 atom stereocenters. The Labute approximate surface area is 924 Å². The Bertz CT molecular complexity index is 7140. The fraction of sp³-hybridized carbons (Fsp3) is 0.0882. The van der Waals surface area contributed by atoms with Crippen LogP contribution in [0.3, 0.4) is 0 Å². The summed E-state index contributed by atoms with van der Waals surface area (Å²) in [5, 5.41) is 28.3. The van der Waals surface area contributed by atoms with Crippen LogP contribution in [-0.4, -0.2) is 44.4 Å². The number of phenols is 3. The van der Waals surface area contributed by atoms with Gasteiger partial charge in [0.2, 0.25) is 0 Å². The molecule has 11 rings (SSSR count). The number of aryl methyl sites for hydroxylation is 1. The van der Waals surface area contributed by atoms with E-state index in [4.69, 9.17) is 37.0 Å². The summed E-state index contributed by atoms with van der Waals surface area (Å²) in [6.45, 7) is 3.75. The third kappa shape index (κ3) is 52.7. The van der Waals surface area contributed by atoms with Gasteiger partial charge < -0.3 is 30.3 Å². The first kappa shape index (κ1) is 120. The van der Waals surface area contributed by atoms with E-state index in [9.17, 15) is 29.4 Å². The summed E-state index contributed by atoms with van der Waals surface area (Å²) in [7, 11) is 71.1. The van der Waals surface area contributed by atoms with E-state index in [0.29, 0.717) is 34.1 Å². The predicted octanol–water partition coefficient (Wildman–Crippen LogP) is 14.9. The van der Waals surface area contributed by atoms with Crippen LogP contribution in [-0.2, 0) is 390 Å². The molecule has 2 bridgehead atoms. The number of halogens is 4. The number of Topliss-reactive ketones (excluding diaryl/α,β-unsaturated/α-hetero) is 1. The minimum Gasteiger partial charge on any atom is -0.870 e. The summed E-state index contributed by atoms with van der Waals surface area (Å²) in [6, 6.07) is 65.2. The number of rotatable bonds is 10. The van der Waals surface area contributed by atoms with Gasteiger partial charge in [-0.15, -0.1) is 0 Å². The molecule has 2 heterocycles. The Hall–Kier alpha value is 2.90. The van der Waals surface area contributed by atoms with Crippen molar-refractivity contribution in [2.24, 2.45) is 0 Å². The molecular weight excluding hydrogens is 2680 g/mol. The Kier molecular flexibility index (Phi) is 73.8.